The van der Waals surface area contributed by atoms with E-state index in [-0.39, 0.29) is 34.9 Å². The first kappa shape index (κ1) is 22.2. The highest BCUT2D eigenvalue weighted by molar-refractivity contribution is 7.92. The zero-order valence-corrected chi connectivity index (χ0v) is 17.2. The molecular formula is C20H23NO7S. The molecule has 0 saturated heterocycles. The summed E-state index contributed by atoms with van der Waals surface area (Å²) >= 11 is 0. The quantitative estimate of drug-likeness (QED) is 0.619. The first-order valence-electron chi connectivity index (χ1n) is 9.05. The number of rotatable bonds is 9. The molecule has 2 aromatic rings. The number of anilines is 1. The summed E-state index contributed by atoms with van der Waals surface area (Å²) in [5.74, 6) is -0.819. The van der Waals surface area contributed by atoms with Gasteiger partial charge in [0.1, 0.15) is 5.75 Å². The third-order valence-electron chi connectivity index (χ3n) is 3.65. The fourth-order valence-electron chi connectivity index (χ4n) is 2.45. The van der Waals surface area contributed by atoms with E-state index in [4.69, 9.17) is 14.2 Å². The van der Waals surface area contributed by atoms with Gasteiger partial charge in [-0.15, -0.1) is 0 Å². The molecular weight excluding hydrogens is 398 g/mol. The minimum absolute atomic E-state index is 0.000163. The Morgan fingerprint density at radius 3 is 1.79 bits per heavy atom. The third-order valence-corrected chi connectivity index (χ3v) is 5.05. The van der Waals surface area contributed by atoms with Crippen molar-refractivity contribution in [3.63, 3.8) is 0 Å². The number of esters is 2. The van der Waals surface area contributed by atoms with Crippen molar-refractivity contribution in [2.45, 2.75) is 25.7 Å². The van der Waals surface area contributed by atoms with E-state index in [1.807, 2.05) is 6.92 Å². The van der Waals surface area contributed by atoms with Crippen LogP contribution < -0.4 is 9.46 Å². The number of sulfonamides is 1. The molecule has 8 nitrogen and oxygen atoms in total. The predicted octanol–water partition coefficient (Wildman–Crippen LogP) is 3.24. The maximum atomic E-state index is 12.7. The van der Waals surface area contributed by atoms with Crippen LogP contribution in [0.5, 0.6) is 5.75 Å². The highest BCUT2D eigenvalue weighted by atomic mass is 32.2. The van der Waals surface area contributed by atoms with Gasteiger partial charge in [0, 0.05) is 0 Å². The molecule has 0 spiro atoms. The van der Waals surface area contributed by atoms with Gasteiger partial charge in [-0.1, -0.05) is 0 Å². The van der Waals surface area contributed by atoms with Crippen LogP contribution in [0.25, 0.3) is 0 Å². The fourth-order valence-corrected chi connectivity index (χ4v) is 3.49. The molecule has 0 saturated carbocycles. The molecule has 0 aliphatic rings. The maximum absolute atomic E-state index is 12.7. The van der Waals surface area contributed by atoms with Crippen LogP contribution >= 0.6 is 0 Å². The highest BCUT2D eigenvalue weighted by Crippen LogP contribution is 2.22. The zero-order chi connectivity index (χ0) is 21.4. The van der Waals surface area contributed by atoms with E-state index in [0.717, 1.165) is 0 Å². The van der Waals surface area contributed by atoms with Crippen LogP contribution in [-0.2, 0) is 19.5 Å². The first-order chi connectivity index (χ1) is 13.8. The Labute approximate surface area is 169 Å². The van der Waals surface area contributed by atoms with Crippen LogP contribution in [0.15, 0.2) is 47.4 Å². The molecule has 2 rings (SSSR count). The van der Waals surface area contributed by atoms with Crippen molar-refractivity contribution in [3.8, 4) is 5.75 Å². The van der Waals surface area contributed by atoms with Crippen molar-refractivity contribution in [3.05, 3.63) is 53.6 Å². The lowest BCUT2D eigenvalue weighted by Gasteiger charge is -2.12. The smallest absolute Gasteiger partial charge is 0.338 e. The molecule has 9 heteroatoms. The van der Waals surface area contributed by atoms with E-state index >= 15 is 0 Å². The second-order valence-corrected chi connectivity index (χ2v) is 7.43. The number of carbonyl (C=O) groups excluding carboxylic acids is 2. The lowest BCUT2D eigenvalue weighted by Crippen LogP contribution is -2.15. The highest BCUT2D eigenvalue weighted by Gasteiger charge is 2.19. The zero-order valence-electron chi connectivity index (χ0n) is 16.4. The second kappa shape index (κ2) is 9.92. The summed E-state index contributed by atoms with van der Waals surface area (Å²) in [6, 6.07) is 9.77. The number of ether oxygens (including phenoxy) is 3. The van der Waals surface area contributed by atoms with E-state index in [0.29, 0.717) is 12.4 Å². The normalized spacial score (nSPS) is 10.9. The first-order valence-corrected chi connectivity index (χ1v) is 10.5. The molecule has 29 heavy (non-hydrogen) atoms. The van der Waals surface area contributed by atoms with Crippen molar-refractivity contribution in [1.29, 1.82) is 0 Å². The van der Waals surface area contributed by atoms with Crippen molar-refractivity contribution < 1.29 is 32.2 Å². The summed E-state index contributed by atoms with van der Waals surface area (Å²) in [4.78, 5) is 24.2. The monoisotopic (exact) mass is 421 g/mol. The van der Waals surface area contributed by atoms with Gasteiger partial charge >= 0.3 is 11.9 Å². The number of hydrogen-bond donors (Lipinski definition) is 1. The maximum Gasteiger partial charge on any atom is 0.338 e. The Hall–Kier alpha value is -3.07. The summed E-state index contributed by atoms with van der Waals surface area (Å²) in [6.07, 6.45) is 0. The van der Waals surface area contributed by atoms with Crippen LogP contribution in [0, 0.1) is 0 Å². The van der Waals surface area contributed by atoms with E-state index in [9.17, 15) is 18.0 Å². The molecule has 0 heterocycles. The van der Waals surface area contributed by atoms with Gasteiger partial charge in [0.2, 0.25) is 0 Å². The van der Waals surface area contributed by atoms with Crippen molar-refractivity contribution in [1.82, 2.24) is 0 Å². The standard InChI is InChI=1S/C20H23NO7S/c1-4-26-17-7-9-18(10-8-17)29(24,25)21-16-12-14(19(22)27-5-2)11-15(13-16)20(23)28-6-3/h7-13,21H,4-6H2,1-3H3. The SMILES string of the molecule is CCOC(=O)c1cc(NS(=O)(=O)c2ccc(OCC)cc2)cc(C(=O)OCC)c1. The van der Waals surface area contributed by atoms with Gasteiger partial charge in [0.15, 0.2) is 0 Å². The van der Waals surface area contributed by atoms with Crippen molar-refractivity contribution in [2.75, 3.05) is 24.5 Å². The molecule has 0 aliphatic carbocycles. The van der Waals surface area contributed by atoms with Gasteiger partial charge in [0.25, 0.3) is 10.0 Å². The Morgan fingerprint density at radius 1 is 0.828 bits per heavy atom. The molecule has 0 radical (unpaired) electrons. The van der Waals surface area contributed by atoms with Crippen LogP contribution in [0.3, 0.4) is 0 Å². The molecule has 2 aromatic carbocycles. The summed E-state index contributed by atoms with van der Waals surface area (Å²) in [5, 5.41) is 0. The minimum Gasteiger partial charge on any atom is -0.494 e. The van der Waals surface area contributed by atoms with E-state index < -0.39 is 22.0 Å². The molecule has 0 atom stereocenters. The van der Waals surface area contributed by atoms with Gasteiger partial charge in [-0.2, -0.15) is 0 Å². The second-order valence-electron chi connectivity index (χ2n) is 5.75. The lowest BCUT2D eigenvalue weighted by molar-refractivity contribution is 0.0525. The van der Waals surface area contributed by atoms with Gasteiger partial charge in [-0.3, -0.25) is 4.72 Å². The largest absolute Gasteiger partial charge is 0.494 e. The Balaban J connectivity index is 2.38. The number of hydrogen-bond acceptors (Lipinski definition) is 7. The van der Waals surface area contributed by atoms with Crippen LogP contribution in [0.4, 0.5) is 5.69 Å². The minimum atomic E-state index is -3.96. The molecule has 0 fully saturated rings. The Bertz CT molecular complexity index is 933. The molecule has 0 amide bonds. The topological polar surface area (TPSA) is 108 Å². The Kier molecular flexibility index (Phi) is 7.60. The lowest BCUT2D eigenvalue weighted by atomic mass is 10.1. The fraction of sp³-hybridized carbons (Fsp3) is 0.300. The Morgan fingerprint density at radius 2 is 1.34 bits per heavy atom. The van der Waals surface area contributed by atoms with Gasteiger partial charge < -0.3 is 14.2 Å². The van der Waals surface area contributed by atoms with E-state index in [2.05, 4.69) is 4.72 Å². The number of nitrogens with one attached hydrogen (secondary N) is 1. The molecule has 0 aliphatic heterocycles. The summed E-state index contributed by atoms with van der Waals surface area (Å²) in [5.41, 5.74) is 0.0936. The number of carbonyl (C=O) groups is 2. The average molecular weight is 421 g/mol. The summed E-state index contributed by atoms with van der Waals surface area (Å²) in [6.45, 7) is 5.84. The molecule has 0 bridgehead atoms. The van der Waals surface area contributed by atoms with E-state index in [1.54, 1.807) is 13.8 Å². The van der Waals surface area contributed by atoms with Gasteiger partial charge in [-0.25, -0.2) is 18.0 Å². The van der Waals surface area contributed by atoms with Crippen LogP contribution in [0.2, 0.25) is 0 Å². The van der Waals surface area contributed by atoms with Crippen LogP contribution in [0.1, 0.15) is 41.5 Å². The van der Waals surface area contributed by atoms with Crippen molar-refractivity contribution >= 4 is 27.6 Å². The van der Waals surface area contributed by atoms with E-state index in [1.165, 1.54) is 42.5 Å². The molecule has 0 unspecified atom stereocenters. The summed E-state index contributed by atoms with van der Waals surface area (Å²) < 4.78 is 43.0. The summed E-state index contributed by atoms with van der Waals surface area (Å²) in [7, 11) is -3.96. The predicted molar refractivity (Wildman–Crippen MR) is 107 cm³/mol. The molecule has 0 aromatic heterocycles. The number of benzene rings is 2. The van der Waals surface area contributed by atoms with Gasteiger partial charge in [0.05, 0.1) is 41.5 Å². The molecule has 156 valence electrons. The average Bonchev–Trinajstić information content (AvgIpc) is 2.68. The molecule has 1 N–H and O–H groups in total. The van der Waals surface area contributed by atoms with Crippen molar-refractivity contribution in [2.24, 2.45) is 0 Å². The van der Waals surface area contributed by atoms with Crippen LogP contribution in [-0.4, -0.2) is 40.2 Å². The van der Waals surface area contributed by atoms with Gasteiger partial charge in [-0.05, 0) is 63.2 Å². The third kappa shape index (κ3) is 5.95.